The molecular weight excluding hydrogens is 506 g/mol. The van der Waals surface area contributed by atoms with Crippen molar-refractivity contribution in [2.45, 2.75) is 20.0 Å². The number of ether oxygens (including phenoxy) is 2. The van der Waals surface area contributed by atoms with Crippen molar-refractivity contribution in [3.05, 3.63) is 62.8 Å². The molecule has 0 aliphatic carbocycles. The van der Waals surface area contributed by atoms with Crippen molar-refractivity contribution >= 4 is 46.5 Å². The summed E-state index contributed by atoms with van der Waals surface area (Å²) in [7, 11) is 0. The van der Waals surface area contributed by atoms with E-state index >= 15 is 0 Å². The first-order chi connectivity index (χ1) is 17.4. The quantitative estimate of drug-likeness (QED) is 0.504. The summed E-state index contributed by atoms with van der Waals surface area (Å²) in [6.07, 6.45) is 1.46. The van der Waals surface area contributed by atoms with E-state index in [0.717, 1.165) is 16.9 Å². The number of hydrogen-bond acceptors (Lipinski definition) is 7. The summed E-state index contributed by atoms with van der Waals surface area (Å²) >= 11 is 7.15. The number of thiophene rings is 1. The number of imidazole rings is 1. The van der Waals surface area contributed by atoms with Crippen molar-refractivity contribution in [2.24, 2.45) is 0 Å². The topological polar surface area (TPSA) is 106 Å². The molecule has 4 heterocycles. The Bertz CT molecular complexity index is 1320. The van der Waals surface area contributed by atoms with E-state index in [9.17, 15) is 14.4 Å². The first-order valence-corrected chi connectivity index (χ1v) is 12.6. The van der Waals surface area contributed by atoms with Crippen LogP contribution in [0.2, 0.25) is 4.34 Å². The summed E-state index contributed by atoms with van der Waals surface area (Å²) in [5, 5.41) is 2.87. The third kappa shape index (κ3) is 5.08. The normalized spacial score (nSPS) is 15.9. The zero-order chi connectivity index (χ0) is 25.2. The molecule has 188 valence electrons. The van der Waals surface area contributed by atoms with Crippen molar-refractivity contribution in [2.75, 3.05) is 37.8 Å². The molecule has 0 unspecified atom stereocenters. The van der Waals surface area contributed by atoms with Crippen molar-refractivity contribution < 1.29 is 23.9 Å². The lowest BCUT2D eigenvalue weighted by atomic mass is 10.1. The summed E-state index contributed by atoms with van der Waals surface area (Å²) in [5.41, 5.74) is 3.22. The lowest BCUT2D eigenvalue weighted by Gasteiger charge is -2.28. The van der Waals surface area contributed by atoms with Crippen molar-refractivity contribution in [3.8, 4) is 5.69 Å². The maximum Gasteiger partial charge on any atom is 0.410 e. The van der Waals surface area contributed by atoms with E-state index < -0.39 is 0 Å². The van der Waals surface area contributed by atoms with Crippen LogP contribution in [0.25, 0.3) is 5.69 Å². The molecule has 5 rings (SSSR count). The Morgan fingerprint density at radius 1 is 1.19 bits per heavy atom. The zero-order valence-corrected chi connectivity index (χ0v) is 21.1. The fourth-order valence-corrected chi connectivity index (χ4v) is 5.15. The number of amides is 3. The van der Waals surface area contributed by atoms with Gasteiger partial charge in [-0.15, -0.1) is 11.3 Å². The molecule has 2 aliphatic rings. The van der Waals surface area contributed by atoms with Gasteiger partial charge in [0.05, 0.1) is 41.1 Å². The second kappa shape index (κ2) is 10.3. The van der Waals surface area contributed by atoms with E-state index in [1.807, 2.05) is 35.9 Å². The van der Waals surface area contributed by atoms with E-state index in [-0.39, 0.29) is 37.6 Å². The lowest BCUT2D eigenvalue weighted by molar-refractivity contribution is -0.125. The molecule has 0 spiro atoms. The van der Waals surface area contributed by atoms with Gasteiger partial charge in [0.25, 0.3) is 11.8 Å². The summed E-state index contributed by atoms with van der Waals surface area (Å²) < 4.78 is 12.8. The highest BCUT2D eigenvalue weighted by Gasteiger charge is 2.25. The monoisotopic (exact) mass is 529 g/mol. The van der Waals surface area contributed by atoms with Gasteiger partial charge in [0.2, 0.25) is 0 Å². The van der Waals surface area contributed by atoms with Crippen LogP contribution in [-0.2, 0) is 27.4 Å². The number of anilines is 1. The Kier molecular flexibility index (Phi) is 6.95. The summed E-state index contributed by atoms with van der Waals surface area (Å²) in [6.45, 7) is 4.31. The number of nitrogens with one attached hydrogen (secondary N) is 1. The van der Waals surface area contributed by atoms with Gasteiger partial charge in [-0.1, -0.05) is 11.6 Å². The van der Waals surface area contributed by atoms with Gasteiger partial charge in [-0.25, -0.2) is 9.78 Å². The van der Waals surface area contributed by atoms with Crippen molar-refractivity contribution in [3.63, 3.8) is 0 Å². The maximum absolute atomic E-state index is 12.5. The Hall–Kier alpha value is -3.41. The van der Waals surface area contributed by atoms with Crippen molar-refractivity contribution in [1.29, 1.82) is 0 Å². The molecule has 3 amide bonds. The second-order valence-electron chi connectivity index (χ2n) is 8.41. The van der Waals surface area contributed by atoms with Gasteiger partial charge < -0.3 is 24.3 Å². The Labute approximate surface area is 216 Å². The van der Waals surface area contributed by atoms with Crippen LogP contribution in [-0.4, -0.2) is 65.3 Å². The first kappa shape index (κ1) is 24.3. The molecule has 3 aromatic rings. The Morgan fingerprint density at radius 2 is 2.06 bits per heavy atom. The smallest absolute Gasteiger partial charge is 0.410 e. The molecule has 0 bridgehead atoms. The van der Waals surface area contributed by atoms with Crippen LogP contribution in [0.3, 0.4) is 0 Å². The van der Waals surface area contributed by atoms with Crippen molar-refractivity contribution in [1.82, 2.24) is 19.8 Å². The van der Waals surface area contributed by atoms with E-state index in [2.05, 4.69) is 5.32 Å². The fraction of sp³-hybridized carbons (Fsp3) is 0.333. The van der Waals surface area contributed by atoms with Crippen LogP contribution >= 0.6 is 22.9 Å². The molecule has 2 aliphatic heterocycles. The van der Waals surface area contributed by atoms with Gasteiger partial charge in [-0.2, -0.15) is 0 Å². The average Bonchev–Trinajstić information content (AvgIpc) is 3.59. The van der Waals surface area contributed by atoms with Gasteiger partial charge in [-0.05, 0) is 42.8 Å². The minimum absolute atomic E-state index is 0.0713. The van der Waals surface area contributed by atoms with E-state index in [1.54, 1.807) is 21.9 Å². The molecule has 10 nitrogen and oxygen atoms in total. The minimum Gasteiger partial charge on any atom is -0.448 e. The summed E-state index contributed by atoms with van der Waals surface area (Å²) in [4.78, 5) is 45.4. The third-order valence-corrected chi connectivity index (χ3v) is 7.20. The number of benzene rings is 1. The molecule has 12 heteroatoms. The molecule has 1 aromatic carbocycles. The Balaban J connectivity index is 1.41. The molecule has 2 fully saturated rings. The van der Waals surface area contributed by atoms with Gasteiger partial charge >= 0.3 is 6.09 Å². The number of hydrogen-bond donors (Lipinski definition) is 1. The van der Waals surface area contributed by atoms with E-state index in [1.165, 1.54) is 11.3 Å². The highest BCUT2D eigenvalue weighted by molar-refractivity contribution is 7.18. The van der Waals surface area contributed by atoms with Crippen LogP contribution in [0.15, 0.2) is 36.5 Å². The fourth-order valence-electron chi connectivity index (χ4n) is 4.19. The molecule has 1 N–H and O–H groups in total. The summed E-state index contributed by atoms with van der Waals surface area (Å²) in [6, 6.07) is 9.15. The number of aromatic nitrogens is 2. The van der Waals surface area contributed by atoms with Gasteiger partial charge in [0, 0.05) is 24.1 Å². The molecule has 2 aromatic heterocycles. The minimum atomic E-state index is -0.383. The van der Waals surface area contributed by atoms with E-state index in [4.69, 9.17) is 26.1 Å². The summed E-state index contributed by atoms with van der Waals surface area (Å²) in [5.74, 6) is 0.325. The highest BCUT2D eigenvalue weighted by Crippen LogP contribution is 2.26. The average molecular weight is 530 g/mol. The van der Waals surface area contributed by atoms with Crippen LogP contribution in [0, 0.1) is 6.92 Å². The second-order valence-corrected chi connectivity index (χ2v) is 10.1. The number of morpholine rings is 1. The lowest BCUT2D eigenvalue weighted by Crippen LogP contribution is -2.42. The first-order valence-electron chi connectivity index (χ1n) is 11.4. The van der Waals surface area contributed by atoms with Crippen LogP contribution in [0.1, 0.15) is 26.8 Å². The number of carbonyl (C=O) groups is 3. The molecular formula is C24H24ClN5O5S. The van der Waals surface area contributed by atoms with Gasteiger partial charge in [0.15, 0.2) is 0 Å². The zero-order valence-electron chi connectivity index (χ0n) is 19.5. The van der Waals surface area contributed by atoms with E-state index in [0.29, 0.717) is 47.0 Å². The Morgan fingerprint density at radius 3 is 2.75 bits per heavy atom. The molecule has 0 saturated carbocycles. The van der Waals surface area contributed by atoms with Gasteiger partial charge in [-0.3, -0.25) is 14.5 Å². The molecule has 2 saturated heterocycles. The number of carbonyl (C=O) groups excluding carboxylic acids is 3. The third-order valence-electron chi connectivity index (χ3n) is 5.97. The predicted molar refractivity (Wildman–Crippen MR) is 134 cm³/mol. The number of cyclic esters (lactones) is 1. The largest absolute Gasteiger partial charge is 0.448 e. The molecule has 0 atom stereocenters. The highest BCUT2D eigenvalue weighted by atomic mass is 35.5. The van der Waals surface area contributed by atoms with Crippen LogP contribution in [0.5, 0.6) is 0 Å². The maximum atomic E-state index is 12.5. The number of rotatable bonds is 7. The number of nitrogens with zero attached hydrogens (tertiary/aromatic N) is 4. The molecule has 0 radical (unpaired) electrons. The van der Waals surface area contributed by atoms with Crippen LogP contribution < -0.4 is 10.2 Å². The predicted octanol–water partition coefficient (Wildman–Crippen LogP) is 3.14. The SMILES string of the molecule is Cc1cc(-n2cc(CNC(=O)c3ccc(Cl)s3)nc2CN2CCOC2=O)ccc1N1CCOCC1=O. The number of aryl methyl sites for hydroxylation is 1. The van der Waals surface area contributed by atoms with Gasteiger partial charge in [0.1, 0.15) is 19.0 Å². The number of halogens is 1. The standard InChI is InChI=1S/C24H24ClN5O5S/c1-15-10-17(2-3-18(15)29-7-8-34-14-22(29)31)30-12-16(11-26-23(32)19-4-5-20(25)36-19)27-21(30)13-28-6-9-35-24(28)33/h2-5,10,12H,6-9,11,13-14H2,1H3,(H,26,32). The van der Waals surface area contributed by atoms with Crippen LogP contribution in [0.4, 0.5) is 10.5 Å². The molecule has 36 heavy (non-hydrogen) atoms.